The van der Waals surface area contributed by atoms with Crippen LogP contribution < -0.4 is 10.1 Å². The van der Waals surface area contributed by atoms with Crippen molar-refractivity contribution in [3.8, 4) is 5.75 Å². The van der Waals surface area contributed by atoms with Gasteiger partial charge in [0.25, 0.3) is 0 Å². The number of aryl methyl sites for hydroxylation is 3. The van der Waals surface area contributed by atoms with Crippen LogP contribution in [0.15, 0.2) is 24.3 Å². The Hall–Kier alpha value is -1.32. The topological polar surface area (TPSA) is 21.3 Å². The normalized spacial score (nSPS) is 11.1. The lowest BCUT2D eigenvalue weighted by Gasteiger charge is -2.08. The summed E-state index contributed by atoms with van der Waals surface area (Å²) in [5.41, 5.74) is 3.87. The highest BCUT2D eigenvalue weighted by molar-refractivity contribution is 7.12. The molecule has 0 aliphatic heterocycles. The summed E-state index contributed by atoms with van der Waals surface area (Å²) >= 11 is 1.85. The molecule has 1 aromatic heterocycles. The van der Waals surface area contributed by atoms with Gasteiger partial charge in [0, 0.05) is 27.9 Å². The average Bonchev–Trinajstić information content (AvgIpc) is 2.78. The molecule has 0 spiro atoms. The second-order valence-corrected chi connectivity index (χ2v) is 7.21. The van der Waals surface area contributed by atoms with Crippen molar-refractivity contribution in [1.29, 1.82) is 0 Å². The Kier molecular flexibility index (Phi) is 5.43. The maximum Gasteiger partial charge on any atom is 0.120 e. The lowest BCUT2D eigenvalue weighted by molar-refractivity contribution is 0.305. The van der Waals surface area contributed by atoms with Crippen LogP contribution in [0.2, 0.25) is 0 Å². The van der Waals surface area contributed by atoms with Crippen molar-refractivity contribution >= 4 is 11.3 Å². The van der Waals surface area contributed by atoms with Gasteiger partial charge in [0.15, 0.2) is 0 Å². The van der Waals surface area contributed by atoms with Gasteiger partial charge in [0.05, 0.1) is 0 Å². The summed E-state index contributed by atoms with van der Waals surface area (Å²) in [7, 11) is 0. The van der Waals surface area contributed by atoms with Crippen molar-refractivity contribution in [3.63, 3.8) is 0 Å². The standard InChI is InChI=1S/C18H25NOS/c1-12(2)19-10-18-9-16(15(5)21-18)11-20-17-7-6-13(3)14(4)8-17/h6-9,12,19H,10-11H2,1-5H3. The van der Waals surface area contributed by atoms with Gasteiger partial charge in [0.1, 0.15) is 12.4 Å². The van der Waals surface area contributed by atoms with Crippen molar-refractivity contribution in [3.05, 3.63) is 50.7 Å². The minimum atomic E-state index is 0.516. The Labute approximate surface area is 132 Å². The molecule has 1 aromatic carbocycles. The fraction of sp³-hybridized carbons (Fsp3) is 0.444. The van der Waals surface area contributed by atoms with Gasteiger partial charge >= 0.3 is 0 Å². The largest absolute Gasteiger partial charge is 0.489 e. The molecule has 114 valence electrons. The Morgan fingerprint density at radius 1 is 1.10 bits per heavy atom. The second-order valence-electron chi connectivity index (χ2n) is 5.86. The number of hydrogen-bond donors (Lipinski definition) is 1. The minimum absolute atomic E-state index is 0.516. The quantitative estimate of drug-likeness (QED) is 0.831. The van der Waals surface area contributed by atoms with Crippen molar-refractivity contribution in [2.75, 3.05) is 0 Å². The van der Waals surface area contributed by atoms with E-state index in [9.17, 15) is 0 Å². The molecule has 2 aromatic rings. The van der Waals surface area contributed by atoms with Crippen LogP contribution in [0.5, 0.6) is 5.75 Å². The van der Waals surface area contributed by atoms with Gasteiger partial charge in [-0.1, -0.05) is 19.9 Å². The van der Waals surface area contributed by atoms with Crippen LogP contribution in [-0.4, -0.2) is 6.04 Å². The SMILES string of the molecule is Cc1ccc(OCc2cc(CNC(C)C)sc2C)cc1C. The van der Waals surface area contributed by atoms with Crippen LogP contribution in [0.3, 0.4) is 0 Å². The molecule has 0 fully saturated rings. The van der Waals surface area contributed by atoms with E-state index in [1.807, 2.05) is 17.4 Å². The zero-order valence-corrected chi connectivity index (χ0v) is 14.4. The highest BCUT2D eigenvalue weighted by Crippen LogP contribution is 2.24. The van der Waals surface area contributed by atoms with Crippen LogP contribution in [0.25, 0.3) is 0 Å². The van der Waals surface area contributed by atoms with E-state index in [1.165, 1.54) is 26.4 Å². The first kappa shape index (κ1) is 16.1. The summed E-state index contributed by atoms with van der Waals surface area (Å²) in [4.78, 5) is 2.72. The molecule has 3 heteroatoms. The molecule has 2 rings (SSSR count). The summed E-state index contributed by atoms with van der Waals surface area (Å²) in [6, 6.07) is 9.05. The van der Waals surface area contributed by atoms with E-state index in [-0.39, 0.29) is 0 Å². The first-order valence-corrected chi connectivity index (χ1v) is 8.29. The third-order valence-corrected chi connectivity index (χ3v) is 4.72. The molecule has 0 amide bonds. The number of ether oxygens (including phenoxy) is 1. The minimum Gasteiger partial charge on any atom is -0.489 e. The highest BCUT2D eigenvalue weighted by Gasteiger charge is 2.07. The molecule has 0 saturated carbocycles. The Morgan fingerprint density at radius 2 is 1.86 bits per heavy atom. The molecular weight excluding hydrogens is 278 g/mol. The lowest BCUT2D eigenvalue weighted by Crippen LogP contribution is -2.21. The molecule has 0 radical (unpaired) electrons. The molecular formula is C18H25NOS. The smallest absolute Gasteiger partial charge is 0.120 e. The van der Waals surface area contributed by atoms with Crippen LogP contribution in [0.1, 0.15) is 40.3 Å². The maximum absolute atomic E-state index is 5.93. The molecule has 1 heterocycles. The third kappa shape index (κ3) is 4.58. The van der Waals surface area contributed by atoms with E-state index < -0.39 is 0 Å². The van der Waals surface area contributed by atoms with Crippen LogP contribution >= 0.6 is 11.3 Å². The van der Waals surface area contributed by atoms with Gasteiger partial charge in [-0.15, -0.1) is 11.3 Å². The first-order chi connectivity index (χ1) is 9.95. The number of hydrogen-bond acceptors (Lipinski definition) is 3. The number of nitrogens with one attached hydrogen (secondary N) is 1. The van der Waals surface area contributed by atoms with Gasteiger partial charge in [-0.2, -0.15) is 0 Å². The number of benzene rings is 1. The van der Waals surface area contributed by atoms with Gasteiger partial charge < -0.3 is 10.1 Å². The fourth-order valence-corrected chi connectivity index (χ4v) is 3.09. The summed E-state index contributed by atoms with van der Waals surface area (Å²) in [6.45, 7) is 12.3. The number of rotatable bonds is 6. The van der Waals surface area contributed by atoms with Crippen LogP contribution in [0.4, 0.5) is 0 Å². The first-order valence-electron chi connectivity index (χ1n) is 7.47. The predicted molar refractivity (Wildman–Crippen MR) is 91.3 cm³/mol. The Morgan fingerprint density at radius 3 is 2.52 bits per heavy atom. The van der Waals surface area contributed by atoms with Gasteiger partial charge in [-0.05, 0) is 50.1 Å². The van der Waals surface area contributed by atoms with E-state index in [0.29, 0.717) is 12.6 Å². The predicted octanol–water partition coefficient (Wildman–Crippen LogP) is 4.75. The van der Waals surface area contributed by atoms with E-state index in [2.05, 4.69) is 58.1 Å². The summed E-state index contributed by atoms with van der Waals surface area (Å²) < 4.78 is 5.93. The molecule has 0 aliphatic rings. The summed E-state index contributed by atoms with van der Waals surface area (Å²) in [5, 5.41) is 3.46. The fourth-order valence-electron chi connectivity index (χ4n) is 2.09. The van der Waals surface area contributed by atoms with Gasteiger partial charge in [-0.25, -0.2) is 0 Å². The molecule has 0 bridgehead atoms. The zero-order valence-electron chi connectivity index (χ0n) is 13.6. The van der Waals surface area contributed by atoms with Crippen molar-refractivity contribution in [1.82, 2.24) is 5.32 Å². The molecule has 21 heavy (non-hydrogen) atoms. The Bertz CT molecular complexity index is 601. The number of thiophene rings is 1. The zero-order chi connectivity index (χ0) is 15.4. The van der Waals surface area contributed by atoms with Crippen LogP contribution in [-0.2, 0) is 13.2 Å². The van der Waals surface area contributed by atoms with E-state index in [0.717, 1.165) is 12.3 Å². The van der Waals surface area contributed by atoms with Crippen molar-refractivity contribution < 1.29 is 4.74 Å². The van der Waals surface area contributed by atoms with Crippen molar-refractivity contribution in [2.45, 2.75) is 53.8 Å². The monoisotopic (exact) mass is 303 g/mol. The summed E-state index contributed by atoms with van der Waals surface area (Å²) in [6.07, 6.45) is 0. The van der Waals surface area contributed by atoms with E-state index >= 15 is 0 Å². The Balaban J connectivity index is 1.97. The molecule has 0 aliphatic carbocycles. The molecule has 0 atom stereocenters. The summed E-state index contributed by atoms with van der Waals surface area (Å²) in [5.74, 6) is 0.950. The van der Waals surface area contributed by atoms with Crippen molar-refractivity contribution in [2.24, 2.45) is 0 Å². The van der Waals surface area contributed by atoms with Gasteiger partial charge in [-0.3, -0.25) is 0 Å². The van der Waals surface area contributed by atoms with Crippen LogP contribution in [0, 0.1) is 20.8 Å². The molecule has 1 N–H and O–H groups in total. The highest BCUT2D eigenvalue weighted by atomic mass is 32.1. The third-order valence-electron chi connectivity index (χ3n) is 3.63. The lowest BCUT2D eigenvalue weighted by atomic mass is 10.1. The maximum atomic E-state index is 5.93. The molecule has 0 unspecified atom stereocenters. The van der Waals surface area contributed by atoms with E-state index in [4.69, 9.17) is 4.74 Å². The second kappa shape index (κ2) is 7.10. The molecule has 0 saturated heterocycles. The van der Waals surface area contributed by atoms with E-state index in [1.54, 1.807) is 0 Å². The van der Waals surface area contributed by atoms with Gasteiger partial charge in [0.2, 0.25) is 0 Å². The average molecular weight is 303 g/mol. The molecule has 2 nitrogen and oxygen atoms in total.